The molecular formula is C22H24FN3O3. The number of carbonyl (C=O) groups is 1. The second-order valence-corrected chi connectivity index (χ2v) is 7.07. The minimum atomic E-state index is -0.356. The molecule has 0 radical (unpaired) electrons. The van der Waals surface area contributed by atoms with Gasteiger partial charge in [-0.05, 0) is 41.8 Å². The quantitative estimate of drug-likeness (QED) is 0.568. The minimum absolute atomic E-state index is 0.0850. The maximum absolute atomic E-state index is 13.1. The summed E-state index contributed by atoms with van der Waals surface area (Å²) in [6.45, 7) is 3.71. The number of nitrogens with one attached hydrogen (secondary N) is 2. The van der Waals surface area contributed by atoms with Crippen molar-refractivity contribution >= 4 is 29.0 Å². The van der Waals surface area contributed by atoms with Crippen LogP contribution >= 0.6 is 0 Å². The largest absolute Gasteiger partial charge is 0.495 e. The average molecular weight is 397 g/mol. The smallest absolute Gasteiger partial charge is 0.255 e. The third-order valence-corrected chi connectivity index (χ3v) is 4.78. The van der Waals surface area contributed by atoms with Gasteiger partial charge in [0.1, 0.15) is 11.6 Å². The van der Waals surface area contributed by atoms with Crippen LogP contribution in [0.2, 0.25) is 0 Å². The number of aromatic nitrogens is 2. The van der Waals surface area contributed by atoms with E-state index < -0.39 is 0 Å². The molecule has 7 heteroatoms. The molecular weight excluding hydrogens is 373 g/mol. The van der Waals surface area contributed by atoms with Crippen LogP contribution in [0.1, 0.15) is 35.5 Å². The van der Waals surface area contributed by atoms with Crippen LogP contribution in [0.15, 0.2) is 36.4 Å². The van der Waals surface area contributed by atoms with Crippen LogP contribution in [0.25, 0.3) is 23.1 Å². The van der Waals surface area contributed by atoms with E-state index in [0.717, 1.165) is 5.56 Å². The lowest BCUT2D eigenvalue weighted by atomic mass is 10.0. The Bertz CT molecular complexity index is 1030. The van der Waals surface area contributed by atoms with Gasteiger partial charge >= 0.3 is 0 Å². The third-order valence-electron chi connectivity index (χ3n) is 4.78. The van der Waals surface area contributed by atoms with Crippen LogP contribution in [0.3, 0.4) is 0 Å². The number of carbonyl (C=O) groups excluding carboxylic acids is 1. The summed E-state index contributed by atoms with van der Waals surface area (Å²) in [7, 11) is 1.50. The molecule has 0 saturated heterocycles. The molecule has 0 aliphatic rings. The fraction of sp³-hybridized carbons (Fsp3) is 0.273. The molecule has 152 valence electrons. The maximum atomic E-state index is 13.1. The molecule has 2 aromatic carbocycles. The normalized spacial score (nSPS) is 12.6. The summed E-state index contributed by atoms with van der Waals surface area (Å²) in [5, 5.41) is 20.2. The average Bonchev–Trinajstić information content (AvgIpc) is 3.13. The summed E-state index contributed by atoms with van der Waals surface area (Å²) in [5.74, 6) is -0.144. The minimum Gasteiger partial charge on any atom is -0.495 e. The number of nitrogens with zero attached hydrogens (tertiary/aromatic N) is 1. The van der Waals surface area contributed by atoms with Crippen molar-refractivity contribution in [3.8, 4) is 5.75 Å². The summed E-state index contributed by atoms with van der Waals surface area (Å²) >= 11 is 0. The molecule has 3 N–H and O–H groups in total. The molecule has 1 amide bonds. The van der Waals surface area contributed by atoms with Gasteiger partial charge in [0.2, 0.25) is 0 Å². The van der Waals surface area contributed by atoms with Crippen LogP contribution in [0.4, 0.5) is 4.39 Å². The van der Waals surface area contributed by atoms with Crippen LogP contribution < -0.4 is 10.1 Å². The van der Waals surface area contributed by atoms with Gasteiger partial charge < -0.3 is 15.2 Å². The molecule has 1 atom stereocenters. The zero-order valence-electron chi connectivity index (χ0n) is 16.6. The molecule has 0 bridgehead atoms. The van der Waals surface area contributed by atoms with E-state index in [1.807, 2.05) is 19.9 Å². The van der Waals surface area contributed by atoms with E-state index >= 15 is 0 Å². The van der Waals surface area contributed by atoms with Crippen LogP contribution in [0.5, 0.6) is 5.75 Å². The van der Waals surface area contributed by atoms with Crippen molar-refractivity contribution in [3.05, 3.63) is 59.0 Å². The van der Waals surface area contributed by atoms with Crippen molar-refractivity contribution in [2.45, 2.75) is 19.9 Å². The lowest BCUT2D eigenvalue weighted by Gasteiger charge is -2.20. The molecule has 0 aliphatic heterocycles. The van der Waals surface area contributed by atoms with Gasteiger partial charge in [-0.3, -0.25) is 9.89 Å². The van der Waals surface area contributed by atoms with Crippen molar-refractivity contribution in [2.24, 2.45) is 5.92 Å². The molecule has 3 rings (SSSR count). The summed E-state index contributed by atoms with van der Waals surface area (Å²) in [4.78, 5) is 12.8. The molecule has 1 aromatic heterocycles. The van der Waals surface area contributed by atoms with Gasteiger partial charge in [0.15, 0.2) is 0 Å². The van der Waals surface area contributed by atoms with Gasteiger partial charge in [-0.2, -0.15) is 5.10 Å². The predicted octanol–water partition coefficient (Wildman–Crippen LogP) is 3.63. The van der Waals surface area contributed by atoms with Crippen molar-refractivity contribution < 1.29 is 19.0 Å². The number of H-pyrrole nitrogens is 1. The second kappa shape index (κ2) is 8.87. The molecule has 0 unspecified atom stereocenters. The molecule has 3 aromatic rings. The Morgan fingerprint density at radius 3 is 2.59 bits per heavy atom. The fourth-order valence-electron chi connectivity index (χ4n) is 3.04. The Morgan fingerprint density at radius 1 is 1.24 bits per heavy atom. The second-order valence-electron chi connectivity index (χ2n) is 7.07. The summed E-state index contributed by atoms with van der Waals surface area (Å²) < 4.78 is 18.6. The first kappa shape index (κ1) is 20.5. The number of benzene rings is 2. The van der Waals surface area contributed by atoms with Crippen molar-refractivity contribution in [3.63, 3.8) is 0 Å². The number of halogens is 1. The monoisotopic (exact) mass is 397 g/mol. The number of fused-ring (bicyclic) bond motifs is 1. The lowest BCUT2D eigenvalue weighted by Crippen LogP contribution is -2.41. The number of hydrogen-bond donors (Lipinski definition) is 3. The maximum Gasteiger partial charge on any atom is 0.255 e. The Labute approximate surface area is 168 Å². The van der Waals surface area contributed by atoms with Gasteiger partial charge in [0, 0.05) is 0 Å². The van der Waals surface area contributed by atoms with Gasteiger partial charge in [0.05, 0.1) is 41.9 Å². The lowest BCUT2D eigenvalue weighted by molar-refractivity contribution is 0.0894. The first-order valence-corrected chi connectivity index (χ1v) is 9.35. The SMILES string of the molecule is COc1c(C(=O)N[C@@H](CO)C(C)C)ccc2n[nH]c(C=Cc3ccc(F)cc3)c12. The number of aliphatic hydroxyl groups is 1. The summed E-state index contributed by atoms with van der Waals surface area (Å²) in [5.41, 5.74) is 2.50. The van der Waals surface area contributed by atoms with Crippen LogP contribution in [-0.4, -0.2) is 41.0 Å². The van der Waals surface area contributed by atoms with E-state index in [-0.39, 0.29) is 30.3 Å². The van der Waals surface area contributed by atoms with E-state index in [1.54, 1.807) is 30.3 Å². The van der Waals surface area contributed by atoms with Crippen LogP contribution in [-0.2, 0) is 0 Å². The number of hydrogen-bond acceptors (Lipinski definition) is 4. The van der Waals surface area contributed by atoms with Gasteiger partial charge in [-0.1, -0.05) is 32.1 Å². The summed E-state index contributed by atoms with van der Waals surface area (Å²) in [6.07, 6.45) is 3.62. The standard InChI is InChI=1S/C22H24FN3O3/c1-13(2)19(12-27)24-22(28)16-9-11-18-20(21(16)29-3)17(25-26-18)10-6-14-4-7-15(23)8-5-14/h4-11,13,19,27H,12H2,1-3H3,(H,24,28)(H,25,26)/t19-/m0/s1. The van der Waals surface area contributed by atoms with Crippen molar-refractivity contribution in [1.29, 1.82) is 0 Å². The number of aromatic amines is 1. The van der Waals surface area contributed by atoms with Gasteiger partial charge in [-0.25, -0.2) is 4.39 Å². The highest BCUT2D eigenvalue weighted by Crippen LogP contribution is 2.32. The number of methoxy groups -OCH3 is 1. The first-order chi connectivity index (χ1) is 13.9. The summed E-state index contributed by atoms with van der Waals surface area (Å²) in [6, 6.07) is 9.15. The van der Waals surface area contributed by atoms with Crippen molar-refractivity contribution in [2.75, 3.05) is 13.7 Å². The van der Waals surface area contributed by atoms with E-state index in [9.17, 15) is 14.3 Å². The topological polar surface area (TPSA) is 87.2 Å². The zero-order chi connectivity index (χ0) is 21.0. The molecule has 0 aliphatic carbocycles. The molecule has 1 heterocycles. The number of amides is 1. The highest BCUT2D eigenvalue weighted by Gasteiger charge is 2.22. The Balaban J connectivity index is 1.98. The number of aliphatic hydroxyl groups excluding tert-OH is 1. The van der Waals surface area contributed by atoms with E-state index in [0.29, 0.717) is 27.9 Å². The van der Waals surface area contributed by atoms with E-state index in [1.165, 1.54) is 19.2 Å². The number of ether oxygens (including phenoxy) is 1. The fourth-order valence-corrected chi connectivity index (χ4v) is 3.04. The highest BCUT2D eigenvalue weighted by molar-refractivity contribution is 6.05. The predicted molar refractivity (Wildman–Crippen MR) is 111 cm³/mol. The van der Waals surface area contributed by atoms with Crippen molar-refractivity contribution in [1.82, 2.24) is 15.5 Å². The molecule has 0 saturated carbocycles. The van der Waals surface area contributed by atoms with Gasteiger partial charge in [-0.15, -0.1) is 0 Å². The van der Waals surface area contributed by atoms with Gasteiger partial charge in [0.25, 0.3) is 5.91 Å². The van der Waals surface area contributed by atoms with E-state index in [2.05, 4.69) is 15.5 Å². The molecule has 6 nitrogen and oxygen atoms in total. The Kier molecular flexibility index (Phi) is 6.29. The molecule has 29 heavy (non-hydrogen) atoms. The first-order valence-electron chi connectivity index (χ1n) is 9.35. The zero-order valence-corrected chi connectivity index (χ0v) is 16.6. The number of rotatable bonds is 7. The Morgan fingerprint density at radius 2 is 1.97 bits per heavy atom. The molecule has 0 fully saturated rings. The van der Waals surface area contributed by atoms with E-state index in [4.69, 9.17) is 4.74 Å². The molecule has 0 spiro atoms. The highest BCUT2D eigenvalue weighted by atomic mass is 19.1. The van der Waals surface area contributed by atoms with Crippen LogP contribution in [0, 0.1) is 11.7 Å². The Hall–Kier alpha value is -3.19. The third kappa shape index (κ3) is 4.46.